The predicted octanol–water partition coefficient (Wildman–Crippen LogP) is 4.22. The van der Waals surface area contributed by atoms with Crippen molar-refractivity contribution in [2.45, 2.75) is 57.9 Å². The van der Waals surface area contributed by atoms with Gasteiger partial charge in [-0.25, -0.2) is 4.98 Å². The van der Waals surface area contributed by atoms with E-state index >= 15 is 0 Å². The van der Waals surface area contributed by atoms with Gasteiger partial charge < -0.3 is 5.73 Å². The standard InChI is InChI=1S/C15H22N4S/c1-10(2)19-9-12(8-17-19)13-14(16)20-15(18-13)11-6-4-3-5-7-11/h8-11H,3-7,16H2,1-2H3. The largest absolute Gasteiger partial charge is 0.389 e. The van der Waals surface area contributed by atoms with Crippen molar-refractivity contribution in [2.75, 3.05) is 5.73 Å². The Morgan fingerprint density at radius 1 is 1.30 bits per heavy atom. The summed E-state index contributed by atoms with van der Waals surface area (Å²) in [5, 5.41) is 6.43. The lowest BCUT2D eigenvalue weighted by Gasteiger charge is -2.18. The number of nitrogen functional groups attached to an aromatic ring is 1. The maximum Gasteiger partial charge on any atom is 0.114 e. The Bertz CT molecular complexity index is 578. The lowest BCUT2D eigenvalue weighted by atomic mass is 9.90. The van der Waals surface area contributed by atoms with Gasteiger partial charge in [0.05, 0.1) is 11.2 Å². The maximum absolute atomic E-state index is 6.18. The molecular formula is C15H22N4S. The van der Waals surface area contributed by atoms with Crippen LogP contribution in [0.3, 0.4) is 0 Å². The Labute approximate surface area is 124 Å². The van der Waals surface area contributed by atoms with E-state index in [2.05, 4.69) is 18.9 Å². The molecule has 20 heavy (non-hydrogen) atoms. The van der Waals surface area contributed by atoms with Gasteiger partial charge in [0.25, 0.3) is 0 Å². The minimum absolute atomic E-state index is 0.362. The van der Waals surface area contributed by atoms with Crippen LogP contribution in [0.25, 0.3) is 11.3 Å². The molecule has 1 aliphatic rings. The number of rotatable bonds is 3. The lowest BCUT2D eigenvalue weighted by molar-refractivity contribution is 0.442. The van der Waals surface area contributed by atoms with E-state index in [1.54, 1.807) is 11.3 Å². The molecule has 3 rings (SSSR count). The molecule has 2 heterocycles. The van der Waals surface area contributed by atoms with Crippen molar-refractivity contribution < 1.29 is 0 Å². The normalized spacial score (nSPS) is 16.9. The summed E-state index contributed by atoms with van der Waals surface area (Å²) in [6.07, 6.45) is 10.5. The summed E-state index contributed by atoms with van der Waals surface area (Å²) in [6.45, 7) is 4.24. The van der Waals surface area contributed by atoms with Gasteiger partial charge in [0, 0.05) is 23.7 Å². The van der Waals surface area contributed by atoms with Crippen molar-refractivity contribution in [2.24, 2.45) is 0 Å². The molecule has 0 saturated heterocycles. The average molecular weight is 290 g/mol. The van der Waals surface area contributed by atoms with E-state index in [1.165, 1.54) is 37.1 Å². The minimum Gasteiger partial charge on any atom is -0.389 e. The third kappa shape index (κ3) is 2.59. The summed E-state index contributed by atoms with van der Waals surface area (Å²) in [7, 11) is 0. The highest BCUT2D eigenvalue weighted by Crippen LogP contribution is 2.39. The fourth-order valence-corrected chi connectivity index (χ4v) is 3.85. The molecule has 1 fully saturated rings. The molecule has 2 aromatic heterocycles. The van der Waals surface area contributed by atoms with Crippen LogP contribution in [0.4, 0.5) is 5.00 Å². The third-order valence-electron chi connectivity index (χ3n) is 4.03. The molecule has 0 spiro atoms. The molecule has 0 aromatic carbocycles. The number of nitrogens with zero attached hydrogens (tertiary/aromatic N) is 3. The van der Waals surface area contributed by atoms with Crippen molar-refractivity contribution >= 4 is 16.3 Å². The van der Waals surface area contributed by atoms with Crippen LogP contribution in [0.15, 0.2) is 12.4 Å². The van der Waals surface area contributed by atoms with Crippen molar-refractivity contribution in [1.82, 2.24) is 14.8 Å². The maximum atomic E-state index is 6.18. The van der Waals surface area contributed by atoms with Gasteiger partial charge in [0.2, 0.25) is 0 Å². The monoisotopic (exact) mass is 290 g/mol. The van der Waals surface area contributed by atoms with Gasteiger partial charge in [-0.05, 0) is 26.7 Å². The van der Waals surface area contributed by atoms with Gasteiger partial charge in [-0.2, -0.15) is 5.10 Å². The molecule has 2 aromatic rings. The molecule has 0 bridgehead atoms. The fourth-order valence-electron chi connectivity index (χ4n) is 2.82. The minimum atomic E-state index is 0.362. The Morgan fingerprint density at radius 2 is 2.05 bits per heavy atom. The van der Waals surface area contributed by atoms with Crippen LogP contribution in [-0.2, 0) is 0 Å². The highest BCUT2D eigenvalue weighted by atomic mass is 32.1. The van der Waals surface area contributed by atoms with E-state index in [1.807, 2.05) is 17.1 Å². The van der Waals surface area contributed by atoms with Crippen LogP contribution in [0, 0.1) is 0 Å². The number of aromatic nitrogens is 3. The van der Waals surface area contributed by atoms with E-state index in [0.717, 1.165) is 16.3 Å². The molecule has 108 valence electrons. The molecule has 0 atom stereocenters. The molecule has 4 nitrogen and oxygen atoms in total. The second-order valence-electron chi connectivity index (χ2n) is 5.90. The van der Waals surface area contributed by atoms with Crippen molar-refractivity contribution in [3.8, 4) is 11.3 Å². The topological polar surface area (TPSA) is 56.7 Å². The summed E-state index contributed by atoms with van der Waals surface area (Å²) >= 11 is 1.66. The van der Waals surface area contributed by atoms with Crippen LogP contribution in [-0.4, -0.2) is 14.8 Å². The Morgan fingerprint density at radius 3 is 2.70 bits per heavy atom. The van der Waals surface area contributed by atoms with Gasteiger partial charge >= 0.3 is 0 Å². The number of thiazole rings is 1. The molecule has 1 aliphatic carbocycles. The third-order valence-corrected chi connectivity index (χ3v) is 5.08. The van der Waals surface area contributed by atoms with Gasteiger partial charge in [-0.15, -0.1) is 11.3 Å². The van der Waals surface area contributed by atoms with Crippen molar-refractivity contribution in [3.05, 3.63) is 17.4 Å². The second-order valence-corrected chi connectivity index (χ2v) is 6.96. The molecule has 0 amide bonds. The summed E-state index contributed by atoms with van der Waals surface area (Å²) in [4.78, 5) is 4.82. The molecular weight excluding hydrogens is 268 g/mol. The Kier molecular flexibility index (Phi) is 3.78. The van der Waals surface area contributed by atoms with E-state index in [4.69, 9.17) is 10.7 Å². The molecule has 0 unspecified atom stereocenters. The molecule has 2 N–H and O–H groups in total. The van der Waals surface area contributed by atoms with Gasteiger partial charge in [0.15, 0.2) is 0 Å². The highest BCUT2D eigenvalue weighted by molar-refractivity contribution is 7.16. The van der Waals surface area contributed by atoms with Crippen molar-refractivity contribution in [1.29, 1.82) is 0 Å². The lowest BCUT2D eigenvalue weighted by Crippen LogP contribution is -2.03. The quantitative estimate of drug-likeness (QED) is 0.921. The van der Waals surface area contributed by atoms with E-state index in [9.17, 15) is 0 Å². The van der Waals surface area contributed by atoms with Crippen molar-refractivity contribution in [3.63, 3.8) is 0 Å². The van der Waals surface area contributed by atoms with Crippen LogP contribution < -0.4 is 5.73 Å². The number of hydrogen-bond acceptors (Lipinski definition) is 4. The van der Waals surface area contributed by atoms with Gasteiger partial charge in [-0.3, -0.25) is 4.68 Å². The van der Waals surface area contributed by atoms with E-state index in [-0.39, 0.29) is 0 Å². The number of nitrogens with two attached hydrogens (primary N) is 1. The van der Waals surface area contributed by atoms with Crippen LogP contribution in [0.2, 0.25) is 0 Å². The summed E-state index contributed by atoms with van der Waals surface area (Å²) < 4.78 is 1.95. The zero-order chi connectivity index (χ0) is 14.1. The number of anilines is 1. The zero-order valence-electron chi connectivity index (χ0n) is 12.2. The van der Waals surface area contributed by atoms with Crippen LogP contribution in [0.1, 0.15) is 62.9 Å². The first-order valence-electron chi connectivity index (χ1n) is 7.46. The van der Waals surface area contributed by atoms with Gasteiger partial charge in [0.1, 0.15) is 10.7 Å². The average Bonchev–Trinajstić information content (AvgIpc) is 3.06. The zero-order valence-corrected chi connectivity index (χ0v) is 13.0. The highest BCUT2D eigenvalue weighted by Gasteiger charge is 2.21. The summed E-state index contributed by atoms with van der Waals surface area (Å²) in [6, 6.07) is 0.362. The first-order chi connectivity index (χ1) is 9.65. The summed E-state index contributed by atoms with van der Waals surface area (Å²) in [5.41, 5.74) is 8.14. The predicted molar refractivity (Wildman–Crippen MR) is 84.0 cm³/mol. The summed E-state index contributed by atoms with van der Waals surface area (Å²) in [5.74, 6) is 0.616. The Hall–Kier alpha value is -1.36. The number of hydrogen-bond donors (Lipinski definition) is 1. The SMILES string of the molecule is CC(C)n1cc(-c2nc(C3CCCCC3)sc2N)cn1. The molecule has 1 saturated carbocycles. The molecule has 0 radical (unpaired) electrons. The Balaban J connectivity index is 1.87. The second kappa shape index (κ2) is 5.56. The molecule has 0 aliphatic heterocycles. The fraction of sp³-hybridized carbons (Fsp3) is 0.600. The smallest absolute Gasteiger partial charge is 0.114 e. The van der Waals surface area contributed by atoms with Gasteiger partial charge in [-0.1, -0.05) is 19.3 Å². The van der Waals surface area contributed by atoms with Crippen LogP contribution in [0.5, 0.6) is 0 Å². The van der Waals surface area contributed by atoms with E-state index < -0.39 is 0 Å². The first-order valence-corrected chi connectivity index (χ1v) is 8.27. The molecule has 5 heteroatoms. The first kappa shape index (κ1) is 13.6. The van der Waals surface area contributed by atoms with E-state index in [0.29, 0.717) is 12.0 Å². The van der Waals surface area contributed by atoms with Crippen LogP contribution >= 0.6 is 11.3 Å².